The summed E-state index contributed by atoms with van der Waals surface area (Å²) in [6.45, 7) is 2.42. The first-order valence-corrected chi connectivity index (χ1v) is 8.23. The fourth-order valence-corrected chi connectivity index (χ4v) is 3.30. The second kappa shape index (κ2) is 7.43. The minimum absolute atomic E-state index is 0.158. The van der Waals surface area contributed by atoms with Gasteiger partial charge >= 0.3 is 6.09 Å². The number of benzene rings is 1. The molecule has 1 aliphatic heterocycles. The summed E-state index contributed by atoms with van der Waals surface area (Å²) in [6, 6.07) is 5.73. The van der Waals surface area contributed by atoms with E-state index in [0.29, 0.717) is 44.8 Å². The number of carbonyl (C=O) groups is 2. The summed E-state index contributed by atoms with van der Waals surface area (Å²) in [6.07, 6.45) is 2.28. The number of nitrogens with two attached hydrogens (primary N) is 1. The van der Waals surface area contributed by atoms with Crippen LogP contribution in [0.2, 0.25) is 0 Å². The molecule has 1 aromatic carbocycles. The minimum atomic E-state index is -0.923. The molecule has 1 aromatic heterocycles. The summed E-state index contributed by atoms with van der Waals surface area (Å²) in [5.74, 6) is 0.459. The van der Waals surface area contributed by atoms with E-state index in [4.69, 9.17) is 5.73 Å². The van der Waals surface area contributed by atoms with Gasteiger partial charge < -0.3 is 20.5 Å². The maximum atomic E-state index is 11.4. The van der Waals surface area contributed by atoms with Crippen molar-refractivity contribution in [3.05, 3.63) is 30.1 Å². The average Bonchev–Trinajstić information content (AvgIpc) is 2.60. The quantitative estimate of drug-likeness (QED) is 0.788. The fraction of sp³-hybridized carbons (Fsp3) is 0.412. The standard InChI is InChI=1S/C17H21N5O3/c18-16-14-4-3-12(8-15(14)19-11-20-16)9-21-5-6-22(17(24)25)13(10-21)2-1-7-23/h3-4,7-8,11,13H,1-2,5-6,9-10H2,(H,24,25)(H2,18,19,20)/t13-/m0/s1. The number of carboxylic acid groups (broad SMARTS) is 1. The number of nitrogen functional groups attached to an aromatic ring is 1. The summed E-state index contributed by atoms with van der Waals surface area (Å²) in [5, 5.41) is 10.1. The normalized spacial score (nSPS) is 18.4. The van der Waals surface area contributed by atoms with Crippen molar-refractivity contribution < 1.29 is 14.7 Å². The Morgan fingerprint density at radius 2 is 2.20 bits per heavy atom. The smallest absolute Gasteiger partial charge is 0.407 e. The number of piperazine rings is 1. The third kappa shape index (κ3) is 3.85. The molecule has 8 nitrogen and oxygen atoms in total. The van der Waals surface area contributed by atoms with Gasteiger partial charge in [-0.05, 0) is 24.1 Å². The summed E-state index contributed by atoms with van der Waals surface area (Å²) in [5.41, 5.74) is 7.73. The van der Waals surface area contributed by atoms with E-state index in [2.05, 4.69) is 14.9 Å². The van der Waals surface area contributed by atoms with E-state index in [0.717, 1.165) is 22.8 Å². The molecule has 132 valence electrons. The lowest BCUT2D eigenvalue weighted by Crippen LogP contribution is -2.54. The van der Waals surface area contributed by atoms with Crippen LogP contribution >= 0.6 is 0 Å². The Balaban J connectivity index is 1.72. The number of anilines is 1. The van der Waals surface area contributed by atoms with E-state index in [1.165, 1.54) is 11.2 Å². The molecule has 2 heterocycles. The monoisotopic (exact) mass is 343 g/mol. The number of carbonyl (C=O) groups excluding carboxylic acids is 1. The number of amides is 1. The Kier molecular flexibility index (Phi) is 5.08. The van der Waals surface area contributed by atoms with Crippen molar-refractivity contribution >= 4 is 29.1 Å². The number of hydrogen-bond acceptors (Lipinski definition) is 6. The first-order valence-electron chi connectivity index (χ1n) is 8.23. The van der Waals surface area contributed by atoms with Crippen molar-refractivity contribution in [1.82, 2.24) is 19.8 Å². The first kappa shape index (κ1) is 17.1. The van der Waals surface area contributed by atoms with E-state index in [1.54, 1.807) is 0 Å². The Bertz CT molecular complexity index is 782. The number of rotatable bonds is 5. The molecule has 0 spiro atoms. The summed E-state index contributed by atoms with van der Waals surface area (Å²) in [4.78, 5) is 33.9. The van der Waals surface area contributed by atoms with Crippen molar-refractivity contribution in [3.8, 4) is 0 Å². The van der Waals surface area contributed by atoms with Gasteiger partial charge in [-0.15, -0.1) is 0 Å². The zero-order chi connectivity index (χ0) is 17.8. The van der Waals surface area contributed by atoms with Gasteiger partial charge in [0.15, 0.2) is 0 Å². The lowest BCUT2D eigenvalue weighted by atomic mass is 10.1. The van der Waals surface area contributed by atoms with Crippen molar-refractivity contribution in [1.29, 1.82) is 0 Å². The molecule has 1 atom stereocenters. The summed E-state index contributed by atoms with van der Waals surface area (Å²) in [7, 11) is 0. The predicted molar refractivity (Wildman–Crippen MR) is 93.0 cm³/mol. The van der Waals surface area contributed by atoms with Crippen molar-refractivity contribution in [2.75, 3.05) is 25.4 Å². The number of hydrogen-bond donors (Lipinski definition) is 2. The molecule has 1 saturated heterocycles. The molecule has 8 heteroatoms. The highest BCUT2D eigenvalue weighted by molar-refractivity contribution is 5.88. The molecule has 3 N–H and O–H groups in total. The molecule has 3 rings (SSSR count). The number of fused-ring (bicyclic) bond motifs is 1. The second-order valence-corrected chi connectivity index (χ2v) is 6.22. The Labute approximate surface area is 145 Å². The number of nitrogens with zero attached hydrogens (tertiary/aromatic N) is 4. The third-order valence-corrected chi connectivity index (χ3v) is 4.57. The predicted octanol–water partition coefficient (Wildman–Crippen LogP) is 1.36. The van der Waals surface area contributed by atoms with Crippen LogP contribution in [0, 0.1) is 0 Å². The largest absolute Gasteiger partial charge is 0.465 e. The minimum Gasteiger partial charge on any atom is -0.465 e. The molecular weight excluding hydrogens is 322 g/mol. The van der Waals surface area contributed by atoms with Crippen LogP contribution in [0.5, 0.6) is 0 Å². The van der Waals surface area contributed by atoms with Gasteiger partial charge in [0.25, 0.3) is 0 Å². The van der Waals surface area contributed by atoms with E-state index in [9.17, 15) is 14.7 Å². The van der Waals surface area contributed by atoms with Gasteiger partial charge in [0.05, 0.1) is 5.52 Å². The second-order valence-electron chi connectivity index (χ2n) is 6.22. The fourth-order valence-electron chi connectivity index (χ4n) is 3.30. The molecule has 0 unspecified atom stereocenters. The summed E-state index contributed by atoms with van der Waals surface area (Å²) >= 11 is 0. The molecule has 0 saturated carbocycles. The van der Waals surface area contributed by atoms with E-state index in [-0.39, 0.29) is 6.04 Å². The van der Waals surface area contributed by atoms with Gasteiger partial charge in [0.2, 0.25) is 0 Å². The molecule has 1 amide bonds. The Morgan fingerprint density at radius 1 is 1.36 bits per heavy atom. The van der Waals surface area contributed by atoms with Crippen molar-refractivity contribution in [2.45, 2.75) is 25.4 Å². The highest BCUT2D eigenvalue weighted by Crippen LogP contribution is 2.21. The van der Waals surface area contributed by atoms with Crippen LogP contribution in [0.1, 0.15) is 18.4 Å². The van der Waals surface area contributed by atoms with Crippen molar-refractivity contribution in [3.63, 3.8) is 0 Å². The lowest BCUT2D eigenvalue weighted by Gasteiger charge is -2.40. The summed E-state index contributed by atoms with van der Waals surface area (Å²) < 4.78 is 0. The molecule has 1 aliphatic rings. The third-order valence-electron chi connectivity index (χ3n) is 4.57. The van der Waals surface area contributed by atoms with Gasteiger partial charge in [-0.2, -0.15) is 0 Å². The highest BCUT2D eigenvalue weighted by Gasteiger charge is 2.29. The molecule has 0 bridgehead atoms. The van der Waals surface area contributed by atoms with E-state index >= 15 is 0 Å². The van der Waals surface area contributed by atoms with Crippen LogP contribution in [-0.2, 0) is 11.3 Å². The van der Waals surface area contributed by atoms with Crippen LogP contribution in [0.25, 0.3) is 10.9 Å². The number of aromatic nitrogens is 2. The maximum Gasteiger partial charge on any atom is 0.407 e. The molecule has 25 heavy (non-hydrogen) atoms. The van der Waals surface area contributed by atoms with Crippen LogP contribution in [0.4, 0.5) is 10.6 Å². The van der Waals surface area contributed by atoms with Crippen LogP contribution < -0.4 is 5.73 Å². The van der Waals surface area contributed by atoms with Gasteiger partial charge in [-0.3, -0.25) is 4.90 Å². The first-order chi connectivity index (χ1) is 12.1. The highest BCUT2D eigenvalue weighted by atomic mass is 16.4. The van der Waals surface area contributed by atoms with Gasteiger partial charge in [0, 0.05) is 44.0 Å². The molecule has 0 aliphatic carbocycles. The van der Waals surface area contributed by atoms with Gasteiger partial charge in [-0.1, -0.05) is 6.07 Å². The van der Waals surface area contributed by atoms with Crippen LogP contribution in [0.15, 0.2) is 24.5 Å². The molecular formula is C17H21N5O3. The van der Waals surface area contributed by atoms with E-state index in [1.807, 2.05) is 18.2 Å². The van der Waals surface area contributed by atoms with Crippen LogP contribution in [0.3, 0.4) is 0 Å². The SMILES string of the molecule is Nc1ncnc2cc(CN3CCN(C(=O)O)[C@@H](CCC=O)C3)ccc12. The van der Waals surface area contributed by atoms with E-state index < -0.39 is 6.09 Å². The number of aldehydes is 1. The average molecular weight is 343 g/mol. The Morgan fingerprint density at radius 3 is 2.96 bits per heavy atom. The van der Waals surface area contributed by atoms with Crippen molar-refractivity contribution in [2.24, 2.45) is 0 Å². The van der Waals surface area contributed by atoms with Gasteiger partial charge in [-0.25, -0.2) is 14.8 Å². The molecule has 0 radical (unpaired) electrons. The lowest BCUT2D eigenvalue weighted by molar-refractivity contribution is -0.108. The zero-order valence-electron chi connectivity index (χ0n) is 13.8. The van der Waals surface area contributed by atoms with Crippen LogP contribution in [-0.4, -0.2) is 62.9 Å². The molecule has 2 aromatic rings. The maximum absolute atomic E-state index is 11.4. The van der Waals surface area contributed by atoms with Gasteiger partial charge in [0.1, 0.15) is 18.4 Å². The zero-order valence-corrected chi connectivity index (χ0v) is 13.8. The topological polar surface area (TPSA) is 113 Å². The Hall–Kier alpha value is -2.74. The molecule has 1 fully saturated rings.